The highest BCUT2D eigenvalue weighted by atomic mass is 35.5. The van der Waals surface area contributed by atoms with E-state index in [2.05, 4.69) is 72.1 Å². The maximum Gasteiger partial charge on any atom is 0.140 e. The summed E-state index contributed by atoms with van der Waals surface area (Å²) in [5, 5.41) is 0.713. The SMILES string of the molecule is CN(C)CCN(CCN(C)C)c1ccccc1-c1nc2ccc(Cl)cc2[nH]1. The highest BCUT2D eigenvalue weighted by Crippen LogP contribution is 2.31. The summed E-state index contributed by atoms with van der Waals surface area (Å²) in [6, 6.07) is 14.2. The minimum absolute atomic E-state index is 0.713. The van der Waals surface area contributed by atoms with Crippen molar-refractivity contribution in [2.24, 2.45) is 0 Å². The van der Waals surface area contributed by atoms with Crippen LogP contribution in [0.3, 0.4) is 0 Å². The van der Waals surface area contributed by atoms with Gasteiger partial charge in [0.25, 0.3) is 0 Å². The number of likely N-dealkylation sites (N-methyl/N-ethyl adjacent to an activating group) is 2. The molecule has 0 aliphatic carbocycles. The number of aromatic nitrogens is 2. The Morgan fingerprint density at radius 2 is 1.56 bits per heavy atom. The molecule has 0 unspecified atom stereocenters. The number of aromatic amines is 1. The van der Waals surface area contributed by atoms with Gasteiger partial charge >= 0.3 is 0 Å². The monoisotopic (exact) mass is 385 g/mol. The normalized spacial score (nSPS) is 11.7. The minimum atomic E-state index is 0.713. The zero-order valence-electron chi connectivity index (χ0n) is 16.5. The zero-order valence-corrected chi connectivity index (χ0v) is 17.3. The molecule has 1 N–H and O–H groups in total. The molecule has 0 spiro atoms. The van der Waals surface area contributed by atoms with Crippen LogP contribution in [-0.4, -0.2) is 74.1 Å². The predicted molar refractivity (Wildman–Crippen MR) is 116 cm³/mol. The van der Waals surface area contributed by atoms with E-state index < -0.39 is 0 Å². The maximum absolute atomic E-state index is 6.13. The number of para-hydroxylation sites is 1. The molecule has 3 rings (SSSR count). The van der Waals surface area contributed by atoms with Crippen molar-refractivity contribution in [1.82, 2.24) is 19.8 Å². The van der Waals surface area contributed by atoms with Crippen LogP contribution in [-0.2, 0) is 0 Å². The lowest BCUT2D eigenvalue weighted by Gasteiger charge is -2.29. The van der Waals surface area contributed by atoms with Gasteiger partial charge in [-0.15, -0.1) is 0 Å². The topological polar surface area (TPSA) is 38.4 Å². The van der Waals surface area contributed by atoms with Crippen molar-refractivity contribution in [1.29, 1.82) is 0 Å². The van der Waals surface area contributed by atoms with Gasteiger partial charge in [0.1, 0.15) is 5.82 Å². The Bertz CT molecular complexity index is 875. The van der Waals surface area contributed by atoms with E-state index in [0.29, 0.717) is 5.02 Å². The van der Waals surface area contributed by atoms with Gasteiger partial charge in [0.2, 0.25) is 0 Å². The molecule has 0 aliphatic heterocycles. The number of rotatable bonds is 8. The average Bonchev–Trinajstić information content (AvgIpc) is 3.04. The van der Waals surface area contributed by atoms with Gasteiger partial charge < -0.3 is 19.7 Å². The van der Waals surface area contributed by atoms with Crippen molar-refractivity contribution in [2.75, 3.05) is 59.3 Å². The summed E-state index contributed by atoms with van der Waals surface area (Å²) >= 11 is 6.13. The second kappa shape index (κ2) is 8.74. The Morgan fingerprint density at radius 1 is 0.889 bits per heavy atom. The lowest BCUT2D eigenvalue weighted by Crippen LogP contribution is -2.36. The van der Waals surface area contributed by atoms with E-state index in [9.17, 15) is 0 Å². The van der Waals surface area contributed by atoms with Gasteiger partial charge in [-0.1, -0.05) is 23.7 Å². The molecule has 6 heteroatoms. The number of imidazole rings is 1. The molecular weight excluding hydrogens is 358 g/mol. The van der Waals surface area contributed by atoms with Crippen molar-refractivity contribution < 1.29 is 0 Å². The third kappa shape index (κ3) is 5.01. The van der Waals surface area contributed by atoms with E-state index in [1.165, 1.54) is 5.69 Å². The maximum atomic E-state index is 6.13. The molecule has 3 aromatic rings. The third-order valence-electron chi connectivity index (χ3n) is 4.58. The fourth-order valence-electron chi connectivity index (χ4n) is 3.05. The van der Waals surface area contributed by atoms with Crippen LogP contribution in [0.5, 0.6) is 0 Å². The van der Waals surface area contributed by atoms with E-state index in [-0.39, 0.29) is 0 Å². The fourth-order valence-corrected chi connectivity index (χ4v) is 3.23. The number of halogens is 1. The lowest BCUT2D eigenvalue weighted by molar-refractivity contribution is 0.391. The van der Waals surface area contributed by atoms with Crippen molar-refractivity contribution in [3.05, 3.63) is 47.5 Å². The molecule has 0 fully saturated rings. The highest BCUT2D eigenvalue weighted by molar-refractivity contribution is 6.31. The largest absolute Gasteiger partial charge is 0.368 e. The first-order valence-electron chi connectivity index (χ1n) is 9.23. The van der Waals surface area contributed by atoms with Crippen molar-refractivity contribution in [3.63, 3.8) is 0 Å². The number of hydrogen-bond acceptors (Lipinski definition) is 4. The number of H-pyrrole nitrogens is 1. The molecule has 0 saturated heterocycles. The molecule has 144 valence electrons. The Kier molecular flexibility index (Phi) is 6.37. The molecule has 0 aliphatic rings. The van der Waals surface area contributed by atoms with Gasteiger partial charge in [0.05, 0.1) is 11.0 Å². The number of hydrogen-bond donors (Lipinski definition) is 1. The summed E-state index contributed by atoms with van der Waals surface area (Å²) < 4.78 is 0. The van der Waals surface area contributed by atoms with Gasteiger partial charge in [-0.25, -0.2) is 4.98 Å². The van der Waals surface area contributed by atoms with Crippen LogP contribution in [0.4, 0.5) is 5.69 Å². The van der Waals surface area contributed by atoms with Crippen LogP contribution in [0.25, 0.3) is 22.4 Å². The quantitative estimate of drug-likeness (QED) is 0.639. The number of anilines is 1. The molecule has 0 amide bonds. The first-order chi connectivity index (χ1) is 12.9. The molecular formula is C21H28ClN5. The van der Waals surface area contributed by atoms with Crippen LogP contribution >= 0.6 is 11.6 Å². The van der Waals surface area contributed by atoms with Gasteiger partial charge in [0, 0.05) is 42.5 Å². The first-order valence-corrected chi connectivity index (χ1v) is 9.61. The number of nitrogens with one attached hydrogen (secondary N) is 1. The molecule has 1 heterocycles. The molecule has 2 aromatic carbocycles. The summed E-state index contributed by atoms with van der Waals surface area (Å²) in [5.41, 5.74) is 4.20. The predicted octanol–water partition coefficient (Wildman–Crippen LogP) is 3.81. The van der Waals surface area contributed by atoms with Crippen molar-refractivity contribution in [2.45, 2.75) is 0 Å². The second-order valence-corrected chi connectivity index (χ2v) is 7.79. The van der Waals surface area contributed by atoms with Crippen LogP contribution in [0.15, 0.2) is 42.5 Å². The summed E-state index contributed by atoms with van der Waals surface area (Å²) in [6.07, 6.45) is 0. The van der Waals surface area contributed by atoms with E-state index >= 15 is 0 Å². The fraction of sp³-hybridized carbons (Fsp3) is 0.381. The van der Waals surface area contributed by atoms with Gasteiger partial charge in [-0.05, 0) is 58.5 Å². The Hall–Kier alpha value is -2.08. The number of nitrogens with zero attached hydrogens (tertiary/aromatic N) is 4. The van der Waals surface area contributed by atoms with Gasteiger partial charge in [-0.3, -0.25) is 0 Å². The molecule has 1 aromatic heterocycles. The summed E-state index contributed by atoms with van der Waals surface area (Å²) in [5.74, 6) is 0.877. The van der Waals surface area contributed by atoms with Crippen LogP contribution < -0.4 is 4.90 Å². The van der Waals surface area contributed by atoms with E-state index in [4.69, 9.17) is 16.6 Å². The Labute approximate surface area is 166 Å². The van der Waals surface area contributed by atoms with Crippen LogP contribution in [0.1, 0.15) is 0 Å². The zero-order chi connectivity index (χ0) is 19.4. The highest BCUT2D eigenvalue weighted by Gasteiger charge is 2.15. The van der Waals surface area contributed by atoms with Gasteiger partial charge in [-0.2, -0.15) is 0 Å². The van der Waals surface area contributed by atoms with Crippen molar-refractivity contribution in [3.8, 4) is 11.4 Å². The molecule has 0 radical (unpaired) electrons. The summed E-state index contributed by atoms with van der Waals surface area (Å²) in [4.78, 5) is 15.1. The molecule has 27 heavy (non-hydrogen) atoms. The van der Waals surface area contributed by atoms with Crippen LogP contribution in [0.2, 0.25) is 5.02 Å². The third-order valence-corrected chi connectivity index (χ3v) is 4.81. The molecule has 5 nitrogen and oxygen atoms in total. The number of fused-ring (bicyclic) bond motifs is 1. The lowest BCUT2D eigenvalue weighted by atomic mass is 10.1. The number of benzene rings is 2. The standard InChI is InChI=1S/C21H28ClN5/c1-25(2)11-13-27(14-12-26(3)4)20-8-6-5-7-17(20)21-23-18-10-9-16(22)15-19(18)24-21/h5-10,15H,11-14H2,1-4H3,(H,23,24). The van der Waals surface area contributed by atoms with E-state index in [0.717, 1.165) is 48.6 Å². The molecule has 0 saturated carbocycles. The molecule has 0 atom stereocenters. The van der Waals surface area contributed by atoms with Gasteiger partial charge in [0.15, 0.2) is 0 Å². The van der Waals surface area contributed by atoms with E-state index in [1.54, 1.807) is 0 Å². The van der Waals surface area contributed by atoms with Crippen LogP contribution in [0, 0.1) is 0 Å². The minimum Gasteiger partial charge on any atom is -0.368 e. The second-order valence-electron chi connectivity index (χ2n) is 7.36. The summed E-state index contributed by atoms with van der Waals surface area (Å²) in [6.45, 7) is 3.92. The first kappa shape index (κ1) is 19.7. The Balaban J connectivity index is 1.97. The molecule has 0 bridgehead atoms. The van der Waals surface area contributed by atoms with E-state index in [1.807, 2.05) is 18.2 Å². The average molecular weight is 386 g/mol. The Morgan fingerprint density at radius 3 is 2.22 bits per heavy atom. The smallest absolute Gasteiger partial charge is 0.140 e. The van der Waals surface area contributed by atoms with Crippen molar-refractivity contribution >= 4 is 28.3 Å². The summed E-state index contributed by atoms with van der Waals surface area (Å²) in [7, 11) is 8.44.